The highest BCUT2D eigenvalue weighted by molar-refractivity contribution is 5.45. The molecule has 0 unspecified atom stereocenters. The van der Waals surface area contributed by atoms with Gasteiger partial charge in [0.1, 0.15) is 5.69 Å². The smallest absolute Gasteiger partial charge is 0.253 e. The average molecular weight is 262 g/mol. The molecule has 18 heavy (non-hydrogen) atoms. The van der Waals surface area contributed by atoms with Crippen LogP contribution in [0.5, 0.6) is 0 Å². The molecule has 1 N–H and O–H groups in total. The van der Waals surface area contributed by atoms with Crippen LogP contribution >= 0.6 is 0 Å². The minimum Gasteiger partial charge on any atom is -0.379 e. The first kappa shape index (κ1) is 13.1. The third-order valence-corrected chi connectivity index (χ3v) is 3.73. The number of aromatic nitrogens is 1. The summed E-state index contributed by atoms with van der Waals surface area (Å²) in [6.07, 6.45) is 1.88. The molecule has 1 saturated carbocycles. The number of pyridine rings is 1. The molecule has 2 rings (SSSR count). The van der Waals surface area contributed by atoms with Crippen molar-refractivity contribution in [1.82, 2.24) is 4.98 Å². The molecule has 1 aromatic rings. The molecule has 1 heterocycles. The second-order valence-electron chi connectivity index (χ2n) is 5.07. The van der Waals surface area contributed by atoms with Crippen LogP contribution < -0.4 is 5.32 Å². The van der Waals surface area contributed by atoms with Crippen molar-refractivity contribution in [2.24, 2.45) is 11.3 Å². The molecule has 0 amide bonds. The molecule has 2 nitrogen and oxygen atoms in total. The molecule has 0 bridgehead atoms. The van der Waals surface area contributed by atoms with Gasteiger partial charge in [-0.1, -0.05) is 13.8 Å². The lowest BCUT2D eigenvalue weighted by Crippen LogP contribution is -2.22. The fraction of sp³-hybridized carbons (Fsp3) is 0.583. The molecule has 0 aliphatic heterocycles. The lowest BCUT2D eigenvalue weighted by atomic mass is 9.92. The third kappa shape index (κ3) is 2.15. The second kappa shape index (κ2) is 4.40. The summed E-state index contributed by atoms with van der Waals surface area (Å²) < 4.78 is 52.4. The molecule has 0 aromatic carbocycles. The van der Waals surface area contributed by atoms with Gasteiger partial charge in [-0.25, -0.2) is 0 Å². The van der Waals surface area contributed by atoms with Gasteiger partial charge in [0.2, 0.25) is 11.6 Å². The minimum atomic E-state index is -1.63. The normalized spacial score (nSPS) is 17.1. The van der Waals surface area contributed by atoms with Crippen molar-refractivity contribution in [3.63, 3.8) is 0 Å². The topological polar surface area (TPSA) is 24.9 Å². The Balaban J connectivity index is 2.20. The highest BCUT2D eigenvalue weighted by Crippen LogP contribution is 2.51. The molecule has 1 aliphatic carbocycles. The predicted octanol–water partition coefficient (Wildman–Crippen LogP) is 3.49. The van der Waals surface area contributed by atoms with Gasteiger partial charge < -0.3 is 5.32 Å². The number of rotatable bonds is 4. The van der Waals surface area contributed by atoms with Gasteiger partial charge in [-0.2, -0.15) is 22.5 Å². The van der Waals surface area contributed by atoms with Crippen LogP contribution in [-0.2, 0) is 0 Å². The molecule has 1 aliphatic rings. The first-order valence-corrected chi connectivity index (χ1v) is 5.81. The third-order valence-electron chi connectivity index (χ3n) is 3.73. The van der Waals surface area contributed by atoms with E-state index in [-0.39, 0.29) is 5.41 Å². The Labute approximate surface area is 102 Å². The summed E-state index contributed by atoms with van der Waals surface area (Å²) in [7, 11) is 0. The summed E-state index contributed by atoms with van der Waals surface area (Å²) in [6.45, 7) is 4.31. The van der Waals surface area contributed by atoms with Gasteiger partial charge in [-0.05, 0) is 24.2 Å². The first-order valence-electron chi connectivity index (χ1n) is 5.81. The summed E-state index contributed by atoms with van der Waals surface area (Å²) in [5.74, 6) is -5.88. The summed E-state index contributed by atoms with van der Waals surface area (Å²) in [5.41, 5.74) is -0.804. The zero-order valence-electron chi connectivity index (χ0n) is 10.2. The van der Waals surface area contributed by atoms with Gasteiger partial charge in [-0.3, -0.25) is 0 Å². The number of hydrogen-bond acceptors (Lipinski definition) is 2. The Bertz CT molecular complexity index is 443. The maximum Gasteiger partial charge on any atom is 0.253 e. The fourth-order valence-corrected chi connectivity index (χ4v) is 2.03. The van der Waals surface area contributed by atoms with E-state index in [9.17, 15) is 17.6 Å². The van der Waals surface area contributed by atoms with E-state index in [1.165, 1.54) is 0 Å². The lowest BCUT2D eigenvalue weighted by molar-refractivity contribution is 0.374. The number of halogens is 4. The van der Waals surface area contributed by atoms with E-state index < -0.39 is 29.2 Å². The maximum atomic E-state index is 13.3. The largest absolute Gasteiger partial charge is 0.379 e. The number of hydrogen-bond donors (Lipinski definition) is 1. The zero-order chi connectivity index (χ0) is 13.5. The summed E-state index contributed by atoms with van der Waals surface area (Å²) >= 11 is 0. The van der Waals surface area contributed by atoms with Gasteiger partial charge in [0.15, 0.2) is 0 Å². The van der Waals surface area contributed by atoms with Crippen molar-refractivity contribution in [2.45, 2.75) is 26.7 Å². The number of nitrogens with one attached hydrogen (secondary N) is 1. The summed E-state index contributed by atoms with van der Waals surface area (Å²) in [5, 5.41) is 2.48. The highest BCUT2D eigenvalue weighted by atomic mass is 19.2. The predicted molar refractivity (Wildman–Crippen MR) is 59.1 cm³/mol. The molecule has 0 radical (unpaired) electrons. The zero-order valence-corrected chi connectivity index (χ0v) is 10.2. The standard InChI is InChI=1S/C12H14F4N2/c1-6(2)12(3-4-12)5-17-9-7(13)10(15)18-11(16)8(9)14/h6H,3-5H2,1-2H3,(H,17,18). The van der Waals surface area contributed by atoms with Crippen LogP contribution in [0.4, 0.5) is 23.2 Å². The van der Waals surface area contributed by atoms with E-state index in [0.29, 0.717) is 12.5 Å². The van der Waals surface area contributed by atoms with Crippen molar-refractivity contribution in [3.8, 4) is 0 Å². The molecule has 6 heteroatoms. The quantitative estimate of drug-likeness (QED) is 0.663. The molecule has 100 valence electrons. The first-order chi connectivity index (χ1) is 8.37. The summed E-state index contributed by atoms with van der Waals surface area (Å²) in [4.78, 5) is 2.51. The fourth-order valence-electron chi connectivity index (χ4n) is 2.03. The van der Waals surface area contributed by atoms with E-state index in [2.05, 4.69) is 10.3 Å². The van der Waals surface area contributed by atoms with Gasteiger partial charge in [0.05, 0.1) is 0 Å². The van der Waals surface area contributed by atoms with Crippen LogP contribution in [0.1, 0.15) is 26.7 Å². The Morgan fingerprint density at radius 3 is 2.00 bits per heavy atom. The van der Waals surface area contributed by atoms with Crippen LogP contribution in [0.25, 0.3) is 0 Å². The van der Waals surface area contributed by atoms with Gasteiger partial charge in [0, 0.05) is 6.54 Å². The molecule has 0 saturated heterocycles. The van der Waals surface area contributed by atoms with Crippen molar-refractivity contribution in [2.75, 3.05) is 11.9 Å². The average Bonchev–Trinajstić information content (AvgIpc) is 3.08. The van der Waals surface area contributed by atoms with Crippen molar-refractivity contribution < 1.29 is 17.6 Å². The van der Waals surface area contributed by atoms with E-state index in [1.807, 2.05) is 13.8 Å². The van der Waals surface area contributed by atoms with Gasteiger partial charge in [0.25, 0.3) is 11.9 Å². The molecular formula is C12H14F4N2. The van der Waals surface area contributed by atoms with Crippen LogP contribution in [0, 0.1) is 34.9 Å². The van der Waals surface area contributed by atoms with Gasteiger partial charge in [-0.15, -0.1) is 0 Å². The molecule has 1 fully saturated rings. The summed E-state index contributed by atoms with van der Waals surface area (Å²) in [6, 6.07) is 0. The molecule has 0 spiro atoms. The van der Waals surface area contributed by atoms with Crippen LogP contribution in [0.3, 0.4) is 0 Å². The van der Waals surface area contributed by atoms with E-state index in [1.54, 1.807) is 0 Å². The van der Waals surface area contributed by atoms with Crippen molar-refractivity contribution >= 4 is 5.69 Å². The molecular weight excluding hydrogens is 248 g/mol. The Kier molecular flexibility index (Phi) is 3.21. The van der Waals surface area contributed by atoms with Crippen molar-refractivity contribution in [3.05, 3.63) is 23.5 Å². The monoisotopic (exact) mass is 262 g/mol. The van der Waals surface area contributed by atoms with E-state index in [4.69, 9.17) is 0 Å². The number of nitrogens with zero attached hydrogens (tertiary/aromatic N) is 1. The van der Waals surface area contributed by atoms with Crippen molar-refractivity contribution in [1.29, 1.82) is 0 Å². The van der Waals surface area contributed by atoms with E-state index in [0.717, 1.165) is 12.8 Å². The Morgan fingerprint density at radius 1 is 1.11 bits per heavy atom. The van der Waals surface area contributed by atoms with Crippen LogP contribution in [0.2, 0.25) is 0 Å². The van der Waals surface area contributed by atoms with Crippen LogP contribution in [0.15, 0.2) is 0 Å². The maximum absolute atomic E-state index is 13.3. The molecule has 0 atom stereocenters. The molecule has 1 aromatic heterocycles. The SMILES string of the molecule is CC(C)C1(CNc2c(F)c(F)nc(F)c2F)CC1. The van der Waals surface area contributed by atoms with Crippen LogP contribution in [-0.4, -0.2) is 11.5 Å². The second-order valence-corrected chi connectivity index (χ2v) is 5.07. The highest BCUT2D eigenvalue weighted by Gasteiger charge is 2.45. The lowest BCUT2D eigenvalue weighted by Gasteiger charge is -2.21. The number of anilines is 1. The Morgan fingerprint density at radius 2 is 1.61 bits per heavy atom. The van der Waals surface area contributed by atoms with E-state index >= 15 is 0 Å². The Hall–Kier alpha value is -1.33. The van der Waals surface area contributed by atoms with Gasteiger partial charge >= 0.3 is 0 Å². The minimum absolute atomic E-state index is 0.0326.